The highest BCUT2D eigenvalue weighted by atomic mass is 16.5. The minimum absolute atomic E-state index is 0.159. The smallest absolute Gasteiger partial charge is 0.227 e. The third kappa shape index (κ3) is 3.25. The molecule has 1 aliphatic carbocycles. The summed E-state index contributed by atoms with van der Waals surface area (Å²) in [4.78, 5) is 15.3. The van der Waals surface area contributed by atoms with Gasteiger partial charge in [0.15, 0.2) is 0 Å². The van der Waals surface area contributed by atoms with Gasteiger partial charge in [0.2, 0.25) is 5.91 Å². The molecule has 3 aliphatic rings. The molecule has 21 heavy (non-hydrogen) atoms. The molecule has 1 saturated carbocycles. The van der Waals surface area contributed by atoms with Crippen LogP contribution in [0, 0.1) is 5.41 Å². The van der Waals surface area contributed by atoms with Crippen molar-refractivity contribution >= 4 is 5.91 Å². The van der Waals surface area contributed by atoms with Crippen LogP contribution in [0.4, 0.5) is 0 Å². The molecular formula is C16H29N3O2. The van der Waals surface area contributed by atoms with Crippen molar-refractivity contribution in [3.63, 3.8) is 0 Å². The van der Waals surface area contributed by atoms with Crippen LogP contribution in [-0.2, 0) is 9.53 Å². The fraction of sp³-hybridized carbons (Fsp3) is 0.938. The highest BCUT2D eigenvalue weighted by Gasteiger charge is 2.40. The van der Waals surface area contributed by atoms with Crippen molar-refractivity contribution in [2.45, 2.75) is 57.0 Å². The fourth-order valence-corrected chi connectivity index (χ4v) is 4.13. The van der Waals surface area contributed by atoms with Crippen molar-refractivity contribution in [3.8, 4) is 0 Å². The molecule has 0 aromatic rings. The third-order valence-electron chi connectivity index (χ3n) is 5.72. The number of ether oxygens (including phenoxy) is 1. The SMILES string of the molecule is NCC1(C(=O)NC2CCN(C3CCCC3)C2)CCOCC1. The molecule has 1 atom stereocenters. The summed E-state index contributed by atoms with van der Waals surface area (Å²) >= 11 is 0. The number of amides is 1. The van der Waals surface area contributed by atoms with Gasteiger partial charge < -0.3 is 15.8 Å². The Morgan fingerprint density at radius 2 is 1.95 bits per heavy atom. The topological polar surface area (TPSA) is 67.6 Å². The molecule has 2 aliphatic heterocycles. The quantitative estimate of drug-likeness (QED) is 0.808. The number of hydrogen-bond donors (Lipinski definition) is 2. The normalized spacial score (nSPS) is 30.6. The summed E-state index contributed by atoms with van der Waals surface area (Å²) in [7, 11) is 0. The van der Waals surface area contributed by atoms with Gasteiger partial charge in [-0.2, -0.15) is 0 Å². The maximum absolute atomic E-state index is 12.7. The van der Waals surface area contributed by atoms with Crippen LogP contribution < -0.4 is 11.1 Å². The summed E-state index contributed by atoms with van der Waals surface area (Å²) in [5.41, 5.74) is 5.52. The number of hydrogen-bond acceptors (Lipinski definition) is 4. The maximum atomic E-state index is 12.7. The van der Waals surface area contributed by atoms with Gasteiger partial charge in [-0.05, 0) is 32.1 Å². The molecule has 2 saturated heterocycles. The zero-order valence-corrected chi connectivity index (χ0v) is 13.0. The first-order chi connectivity index (χ1) is 10.2. The van der Waals surface area contributed by atoms with Gasteiger partial charge in [0.05, 0.1) is 5.41 Å². The minimum atomic E-state index is -0.390. The van der Waals surface area contributed by atoms with Gasteiger partial charge in [-0.15, -0.1) is 0 Å². The second kappa shape index (κ2) is 6.63. The zero-order valence-electron chi connectivity index (χ0n) is 13.0. The van der Waals surface area contributed by atoms with E-state index in [1.54, 1.807) is 0 Å². The van der Waals surface area contributed by atoms with Gasteiger partial charge in [-0.3, -0.25) is 9.69 Å². The van der Waals surface area contributed by atoms with E-state index in [9.17, 15) is 4.79 Å². The Morgan fingerprint density at radius 3 is 2.62 bits per heavy atom. The van der Waals surface area contributed by atoms with Crippen molar-refractivity contribution in [2.24, 2.45) is 11.1 Å². The van der Waals surface area contributed by atoms with Crippen LogP contribution in [-0.4, -0.2) is 55.7 Å². The van der Waals surface area contributed by atoms with E-state index in [0.717, 1.165) is 38.4 Å². The molecule has 0 bridgehead atoms. The fourth-order valence-electron chi connectivity index (χ4n) is 4.13. The number of likely N-dealkylation sites (tertiary alicyclic amines) is 1. The van der Waals surface area contributed by atoms with Crippen LogP contribution >= 0.6 is 0 Å². The Labute approximate surface area is 127 Å². The molecule has 1 amide bonds. The Hall–Kier alpha value is -0.650. The molecule has 3 N–H and O–H groups in total. The molecule has 0 aromatic heterocycles. The first kappa shape index (κ1) is 15.3. The van der Waals surface area contributed by atoms with E-state index in [1.165, 1.54) is 25.7 Å². The number of rotatable bonds is 4. The Bertz CT molecular complexity index is 363. The molecule has 3 fully saturated rings. The number of nitrogens with zero attached hydrogens (tertiary/aromatic N) is 1. The van der Waals surface area contributed by atoms with Crippen LogP contribution in [0.25, 0.3) is 0 Å². The van der Waals surface area contributed by atoms with Crippen molar-refractivity contribution in [3.05, 3.63) is 0 Å². The van der Waals surface area contributed by atoms with E-state index < -0.39 is 0 Å². The summed E-state index contributed by atoms with van der Waals surface area (Å²) in [6.07, 6.45) is 8.01. The first-order valence-electron chi connectivity index (χ1n) is 8.56. The second-order valence-electron chi connectivity index (χ2n) is 6.99. The maximum Gasteiger partial charge on any atom is 0.227 e. The molecule has 1 unspecified atom stereocenters. The number of carbonyl (C=O) groups is 1. The largest absolute Gasteiger partial charge is 0.381 e. The average molecular weight is 295 g/mol. The van der Waals surface area contributed by atoms with Crippen LogP contribution in [0.5, 0.6) is 0 Å². The standard InChI is InChI=1S/C16H29N3O2/c17-12-16(6-9-21-10-7-16)15(20)18-13-5-8-19(11-13)14-3-1-2-4-14/h13-14H,1-12,17H2,(H,18,20). The zero-order chi connectivity index (χ0) is 14.7. The lowest BCUT2D eigenvalue weighted by molar-refractivity contribution is -0.136. The highest BCUT2D eigenvalue weighted by molar-refractivity contribution is 5.83. The van der Waals surface area contributed by atoms with Crippen molar-refractivity contribution in [2.75, 3.05) is 32.8 Å². The lowest BCUT2D eigenvalue weighted by Crippen LogP contribution is -2.52. The molecule has 5 nitrogen and oxygen atoms in total. The summed E-state index contributed by atoms with van der Waals surface area (Å²) in [5.74, 6) is 0.159. The first-order valence-corrected chi connectivity index (χ1v) is 8.56. The van der Waals surface area contributed by atoms with Gasteiger partial charge in [0, 0.05) is 44.9 Å². The lowest BCUT2D eigenvalue weighted by atomic mass is 9.79. The molecule has 0 aromatic carbocycles. The number of carbonyl (C=O) groups excluding carboxylic acids is 1. The van der Waals surface area contributed by atoms with E-state index in [4.69, 9.17) is 10.5 Å². The Kier molecular flexibility index (Phi) is 4.82. The molecule has 120 valence electrons. The van der Waals surface area contributed by atoms with Gasteiger partial charge in [0.25, 0.3) is 0 Å². The highest BCUT2D eigenvalue weighted by Crippen LogP contribution is 2.31. The summed E-state index contributed by atoms with van der Waals surface area (Å²) in [6.45, 7) is 3.90. The van der Waals surface area contributed by atoms with Crippen molar-refractivity contribution in [1.29, 1.82) is 0 Å². The lowest BCUT2D eigenvalue weighted by Gasteiger charge is -2.35. The van der Waals surface area contributed by atoms with Gasteiger partial charge in [-0.25, -0.2) is 0 Å². The van der Waals surface area contributed by atoms with Crippen LogP contribution in [0.15, 0.2) is 0 Å². The second-order valence-corrected chi connectivity index (χ2v) is 6.99. The summed E-state index contributed by atoms with van der Waals surface area (Å²) < 4.78 is 5.39. The van der Waals surface area contributed by atoms with E-state index in [0.29, 0.717) is 25.8 Å². The van der Waals surface area contributed by atoms with Gasteiger partial charge in [0.1, 0.15) is 0 Å². The minimum Gasteiger partial charge on any atom is -0.381 e. The van der Waals surface area contributed by atoms with Crippen LogP contribution in [0.3, 0.4) is 0 Å². The number of nitrogens with one attached hydrogen (secondary N) is 1. The van der Waals surface area contributed by atoms with E-state index in [1.807, 2.05) is 0 Å². The van der Waals surface area contributed by atoms with Crippen LogP contribution in [0.1, 0.15) is 44.9 Å². The third-order valence-corrected chi connectivity index (χ3v) is 5.72. The van der Waals surface area contributed by atoms with Crippen molar-refractivity contribution in [1.82, 2.24) is 10.2 Å². The van der Waals surface area contributed by atoms with Gasteiger partial charge in [-0.1, -0.05) is 12.8 Å². The van der Waals surface area contributed by atoms with Crippen LogP contribution in [0.2, 0.25) is 0 Å². The molecule has 0 spiro atoms. The molecular weight excluding hydrogens is 266 g/mol. The average Bonchev–Trinajstić information content (AvgIpc) is 3.18. The molecule has 2 heterocycles. The summed E-state index contributed by atoms with van der Waals surface area (Å²) in [6, 6.07) is 1.07. The Morgan fingerprint density at radius 1 is 1.24 bits per heavy atom. The number of nitrogens with two attached hydrogens (primary N) is 1. The van der Waals surface area contributed by atoms with Gasteiger partial charge >= 0.3 is 0 Å². The molecule has 0 radical (unpaired) electrons. The predicted octanol–water partition coefficient (Wildman–Crippen LogP) is 0.875. The molecule has 3 rings (SSSR count). The molecule has 5 heteroatoms. The van der Waals surface area contributed by atoms with E-state index in [2.05, 4.69) is 10.2 Å². The monoisotopic (exact) mass is 295 g/mol. The summed E-state index contributed by atoms with van der Waals surface area (Å²) in [5, 5.41) is 3.28. The van der Waals surface area contributed by atoms with E-state index in [-0.39, 0.29) is 11.3 Å². The Balaban J connectivity index is 1.52. The predicted molar refractivity (Wildman–Crippen MR) is 81.9 cm³/mol. The van der Waals surface area contributed by atoms with Crippen molar-refractivity contribution < 1.29 is 9.53 Å². The van der Waals surface area contributed by atoms with E-state index >= 15 is 0 Å².